The van der Waals surface area contributed by atoms with Crippen molar-refractivity contribution in [3.05, 3.63) is 90.4 Å². The minimum atomic E-state index is 0.277. The third-order valence-electron chi connectivity index (χ3n) is 5.07. The molecule has 1 aromatic heterocycles. The van der Waals surface area contributed by atoms with E-state index in [0.29, 0.717) is 0 Å². The highest BCUT2D eigenvalue weighted by Gasteiger charge is 2.07. The number of hydrogen-bond donors (Lipinski definition) is 1. The van der Waals surface area contributed by atoms with E-state index in [1.54, 1.807) is 19.2 Å². The van der Waals surface area contributed by atoms with Crippen LogP contribution in [0.5, 0.6) is 11.5 Å². The molecule has 0 aliphatic rings. The first kappa shape index (κ1) is 19.5. The second-order valence-electron chi connectivity index (χ2n) is 7.00. The van der Waals surface area contributed by atoms with Gasteiger partial charge in [-0.25, -0.2) is 4.98 Å². The molecule has 4 aromatic rings. The molecule has 30 heavy (non-hydrogen) atoms. The SMILES string of the molecule is CCn1cc(-c2ccc(OC)cc2)nc1C=Cc1ccc(-c2ccc(O)cc2)cc1. The maximum absolute atomic E-state index is 9.44. The standard InChI is InChI=1S/C26H24N2O2/c1-3-28-18-25(22-11-15-24(30-2)16-12-22)27-26(28)17-6-19-4-7-20(8-5-19)21-9-13-23(29)14-10-21/h4-18,29H,3H2,1-2H3. The Hall–Kier alpha value is -3.79. The summed E-state index contributed by atoms with van der Waals surface area (Å²) in [5, 5.41) is 9.44. The first-order valence-electron chi connectivity index (χ1n) is 9.95. The minimum Gasteiger partial charge on any atom is -0.508 e. The van der Waals surface area contributed by atoms with Gasteiger partial charge in [0.15, 0.2) is 0 Å². The van der Waals surface area contributed by atoms with Crippen molar-refractivity contribution >= 4 is 12.2 Å². The van der Waals surface area contributed by atoms with Crippen LogP contribution in [0.1, 0.15) is 18.3 Å². The monoisotopic (exact) mass is 396 g/mol. The Morgan fingerprint density at radius 2 is 1.43 bits per heavy atom. The van der Waals surface area contributed by atoms with Gasteiger partial charge in [0.2, 0.25) is 0 Å². The minimum absolute atomic E-state index is 0.277. The Morgan fingerprint density at radius 3 is 2.03 bits per heavy atom. The number of rotatable bonds is 6. The van der Waals surface area contributed by atoms with E-state index in [-0.39, 0.29) is 5.75 Å². The van der Waals surface area contributed by atoms with Crippen molar-refractivity contribution in [2.45, 2.75) is 13.5 Å². The molecule has 0 spiro atoms. The van der Waals surface area contributed by atoms with Crippen molar-refractivity contribution < 1.29 is 9.84 Å². The lowest BCUT2D eigenvalue weighted by molar-refractivity contribution is 0.415. The van der Waals surface area contributed by atoms with Crippen LogP contribution in [0.25, 0.3) is 34.5 Å². The summed E-state index contributed by atoms with van der Waals surface area (Å²) in [5.74, 6) is 2.04. The van der Waals surface area contributed by atoms with Gasteiger partial charge in [0.05, 0.1) is 12.8 Å². The molecular formula is C26H24N2O2. The van der Waals surface area contributed by atoms with Crippen LogP contribution in [-0.4, -0.2) is 21.8 Å². The molecule has 0 saturated heterocycles. The number of benzene rings is 3. The number of nitrogens with zero attached hydrogens (tertiary/aromatic N) is 2. The highest BCUT2D eigenvalue weighted by atomic mass is 16.5. The van der Waals surface area contributed by atoms with Crippen molar-refractivity contribution in [1.29, 1.82) is 0 Å². The van der Waals surface area contributed by atoms with Gasteiger partial charge in [-0.1, -0.05) is 42.5 Å². The van der Waals surface area contributed by atoms with E-state index in [0.717, 1.165) is 46.1 Å². The molecule has 150 valence electrons. The zero-order valence-electron chi connectivity index (χ0n) is 17.1. The van der Waals surface area contributed by atoms with Crippen molar-refractivity contribution in [2.75, 3.05) is 7.11 Å². The van der Waals surface area contributed by atoms with Crippen LogP contribution in [-0.2, 0) is 6.54 Å². The van der Waals surface area contributed by atoms with Gasteiger partial charge in [0.25, 0.3) is 0 Å². The largest absolute Gasteiger partial charge is 0.508 e. The number of ether oxygens (including phenoxy) is 1. The summed E-state index contributed by atoms with van der Waals surface area (Å²) in [6.07, 6.45) is 6.20. The molecule has 3 aromatic carbocycles. The molecule has 0 aliphatic carbocycles. The molecule has 1 heterocycles. The Morgan fingerprint density at radius 1 is 0.833 bits per heavy atom. The molecule has 0 amide bonds. The van der Waals surface area contributed by atoms with E-state index in [4.69, 9.17) is 9.72 Å². The predicted molar refractivity (Wildman–Crippen MR) is 122 cm³/mol. The van der Waals surface area contributed by atoms with Gasteiger partial charge in [-0.15, -0.1) is 0 Å². The zero-order valence-corrected chi connectivity index (χ0v) is 17.1. The van der Waals surface area contributed by atoms with Crippen LogP contribution in [0.4, 0.5) is 0 Å². The molecular weight excluding hydrogens is 372 g/mol. The number of phenols is 1. The number of aryl methyl sites for hydroxylation is 1. The fraction of sp³-hybridized carbons (Fsp3) is 0.115. The van der Waals surface area contributed by atoms with Gasteiger partial charge in [-0.2, -0.15) is 0 Å². The lowest BCUT2D eigenvalue weighted by Crippen LogP contribution is -1.94. The summed E-state index contributed by atoms with van der Waals surface area (Å²) in [4.78, 5) is 4.81. The van der Waals surface area contributed by atoms with Gasteiger partial charge >= 0.3 is 0 Å². The van der Waals surface area contributed by atoms with Gasteiger partial charge in [0.1, 0.15) is 17.3 Å². The number of phenolic OH excluding ortho intramolecular Hbond substituents is 1. The molecule has 0 unspecified atom stereocenters. The number of imidazole rings is 1. The highest BCUT2D eigenvalue weighted by Crippen LogP contribution is 2.24. The number of aromatic nitrogens is 2. The van der Waals surface area contributed by atoms with Gasteiger partial charge in [-0.3, -0.25) is 0 Å². The third kappa shape index (κ3) is 4.28. The average Bonchev–Trinajstić information content (AvgIpc) is 3.22. The summed E-state index contributed by atoms with van der Waals surface area (Å²) in [6.45, 7) is 2.96. The van der Waals surface area contributed by atoms with E-state index in [1.165, 1.54) is 0 Å². The number of aromatic hydroxyl groups is 1. The molecule has 4 rings (SSSR count). The van der Waals surface area contributed by atoms with E-state index < -0.39 is 0 Å². The van der Waals surface area contributed by atoms with Gasteiger partial charge < -0.3 is 14.4 Å². The Kier molecular flexibility index (Phi) is 5.66. The molecule has 4 heteroatoms. The molecule has 0 aliphatic heterocycles. The van der Waals surface area contributed by atoms with Crippen LogP contribution < -0.4 is 4.74 Å². The smallest absolute Gasteiger partial charge is 0.133 e. The molecule has 1 N–H and O–H groups in total. The fourth-order valence-corrected chi connectivity index (χ4v) is 3.33. The van der Waals surface area contributed by atoms with E-state index in [9.17, 15) is 5.11 Å². The average molecular weight is 396 g/mol. The molecule has 0 bridgehead atoms. The van der Waals surface area contributed by atoms with Crippen molar-refractivity contribution in [3.8, 4) is 33.9 Å². The molecule has 4 nitrogen and oxygen atoms in total. The molecule has 0 saturated carbocycles. The second-order valence-corrected chi connectivity index (χ2v) is 7.00. The van der Waals surface area contributed by atoms with Crippen molar-refractivity contribution in [2.24, 2.45) is 0 Å². The molecule has 0 fully saturated rings. The normalized spacial score (nSPS) is 11.1. The maximum Gasteiger partial charge on any atom is 0.133 e. The third-order valence-corrected chi connectivity index (χ3v) is 5.07. The first-order valence-corrected chi connectivity index (χ1v) is 9.95. The lowest BCUT2D eigenvalue weighted by atomic mass is 10.0. The first-order chi connectivity index (χ1) is 14.7. The lowest BCUT2D eigenvalue weighted by Gasteiger charge is -2.03. The van der Waals surface area contributed by atoms with E-state index in [1.807, 2.05) is 42.5 Å². The topological polar surface area (TPSA) is 47.3 Å². The quantitative estimate of drug-likeness (QED) is 0.427. The van der Waals surface area contributed by atoms with Gasteiger partial charge in [-0.05, 0) is 66.1 Å². The molecule has 0 radical (unpaired) electrons. The summed E-state index contributed by atoms with van der Waals surface area (Å²) in [7, 11) is 1.67. The van der Waals surface area contributed by atoms with Crippen molar-refractivity contribution in [1.82, 2.24) is 9.55 Å². The van der Waals surface area contributed by atoms with Crippen LogP contribution >= 0.6 is 0 Å². The summed E-state index contributed by atoms with van der Waals surface area (Å²) >= 11 is 0. The van der Waals surface area contributed by atoms with Crippen LogP contribution in [0.3, 0.4) is 0 Å². The summed E-state index contributed by atoms with van der Waals surface area (Å²) in [5.41, 5.74) is 5.31. The molecule has 0 atom stereocenters. The van der Waals surface area contributed by atoms with Crippen LogP contribution in [0.2, 0.25) is 0 Å². The zero-order chi connectivity index (χ0) is 20.9. The Labute approximate surface area is 176 Å². The summed E-state index contributed by atoms with van der Waals surface area (Å²) in [6, 6.07) is 23.5. The van der Waals surface area contributed by atoms with Gasteiger partial charge in [0, 0.05) is 18.3 Å². The van der Waals surface area contributed by atoms with Crippen LogP contribution in [0.15, 0.2) is 79.0 Å². The number of methoxy groups -OCH3 is 1. The van der Waals surface area contributed by atoms with E-state index >= 15 is 0 Å². The highest BCUT2D eigenvalue weighted by molar-refractivity contribution is 5.72. The van der Waals surface area contributed by atoms with E-state index in [2.05, 4.69) is 48.0 Å². The van der Waals surface area contributed by atoms with Crippen LogP contribution in [0, 0.1) is 0 Å². The predicted octanol–water partition coefficient (Wildman–Crippen LogP) is 6.12. The maximum atomic E-state index is 9.44. The Bertz CT molecular complexity index is 1140. The summed E-state index contributed by atoms with van der Waals surface area (Å²) < 4.78 is 7.38. The number of hydrogen-bond acceptors (Lipinski definition) is 3. The second kappa shape index (κ2) is 8.70. The fourth-order valence-electron chi connectivity index (χ4n) is 3.33. The van der Waals surface area contributed by atoms with Crippen molar-refractivity contribution in [3.63, 3.8) is 0 Å². The Balaban J connectivity index is 1.54.